The maximum atomic E-state index is 12.3. The molecule has 1 amide bonds. The van der Waals surface area contributed by atoms with E-state index in [1.807, 2.05) is 6.92 Å². The summed E-state index contributed by atoms with van der Waals surface area (Å²) in [7, 11) is 0. The number of rotatable bonds is 5. The summed E-state index contributed by atoms with van der Waals surface area (Å²) in [6, 6.07) is 6.72. The van der Waals surface area contributed by atoms with E-state index < -0.39 is 0 Å². The highest BCUT2D eigenvalue weighted by molar-refractivity contribution is 6.30. The number of amides is 1. The number of nitrogens with zero attached hydrogens (tertiary/aromatic N) is 2. The van der Waals surface area contributed by atoms with Crippen LogP contribution in [-0.4, -0.2) is 34.9 Å². The first-order valence-electron chi connectivity index (χ1n) is 6.01. The summed E-state index contributed by atoms with van der Waals surface area (Å²) in [5.41, 5.74) is 6.09. The van der Waals surface area contributed by atoms with Crippen LogP contribution >= 0.6 is 11.6 Å². The minimum absolute atomic E-state index is 0.100. The SMILES string of the molecule is CCN(CC(C)C(N)=NO)C(=O)c1ccc(Cl)cc1. The average molecular weight is 284 g/mol. The van der Waals surface area contributed by atoms with Crippen molar-refractivity contribution in [3.63, 3.8) is 0 Å². The van der Waals surface area contributed by atoms with Gasteiger partial charge in [0, 0.05) is 29.6 Å². The fourth-order valence-corrected chi connectivity index (χ4v) is 1.78. The number of halogens is 1. The number of oxime groups is 1. The second kappa shape index (κ2) is 6.99. The summed E-state index contributed by atoms with van der Waals surface area (Å²) in [5.74, 6) is -0.194. The molecule has 1 aromatic carbocycles. The molecule has 0 saturated heterocycles. The van der Waals surface area contributed by atoms with Crippen molar-refractivity contribution < 1.29 is 10.0 Å². The summed E-state index contributed by atoms with van der Waals surface area (Å²) in [6.07, 6.45) is 0. The molecule has 0 spiro atoms. The smallest absolute Gasteiger partial charge is 0.253 e. The Morgan fingerprint density at radius 2 is 2.05 bits per heavy atom. The van der Waals surface area contributed by atoms with Crippen molar-refractivity contribution in [2.45, 2.75) is 13.8 Å². The number of hydrogen-bond donors (Lipinski definition) is 2. The van der Waals surface area contributed by atoms with Crippen LogP contribution in [0.1, 0.15) is 24.2 Å². The van der Waals surface area contributed by atoms with Crippen molar-refractivity contribution in [1.82, 2.24) is 4.90 Å². The van der Waals surface area contributed by atoms with Gasteiger partial charge in [-0.3, -0.25) is 4.79 Å². The zero-order chi connectivity index (χ0) is 14.4. The summed E-state index contributed by atoms with van der Waals surface area (Å²) in [5, 5.41) is 12.2. The van der Waals surface area contributed by atoms with Crippen molar-refractivity contribution in [2.24, 2.45) is 16.8 Å². The zero-order valence-corrected chi connectivity index (χ0v) is 11.8. The van der Waals surface area contributed by atoms with Gasteiger partial charge in [0.25, 0.3) is 5.91 Å². The molecule has 0 aromatic heterocycles. The fraction of sp³-hybridized carbons (Fsp3) is 0.385. The predicted octanol–water partition coefficient (Wildman–Crippen LogP) is 2.18. The van der Waals surface area contributed by atoms with Crippen molar-refractivity contribution in [2.75, 3.05) is 13.1 Å². The first-order valence-corrected chi connectivity index (χ1v) is 6.39. The van der Waals surface area contributed by atoms with Gasteiger partial charge in [-0.2, -0.15) is 0 Å². The third kappa shape index (κ3) is 4.13. The Kier molecular flexibility index (Phi) is 5.63. The second-order valence-electron chi connectivity index (χ2n) is 4.28. The Hall–Kier alpha value is -1.75. The molecule has 0 aliphatic rings. The molecule has 0 radical (unpaired) electrons. The Morgan fingerprint density at radius 1 is 1.47 bits per heavy atom. The Bertz CT molecular complexity index is 459. The highest BCUT2D eigenvalue weighted by Crippen LogP contribution is 2.12. The third-order valence-electron chi connectivity index (χ3n) is 2.87. The minimum atomic E-state index is -0.207. The van der Waals surface area contributed by atoms with E-state index in [0.29, 0.717) is 23.7 Å². The first kappa shape index (κ1) is 15.3. The van der Waals surface area contributed by atoms with Crippen molar-refractivity contribution in [3.8, 4) is 0 Å². The molecule has 19 heavy (non-hydrogen) atoms. The summed E-state index contributed by atoms with van der Waals surface area (Å²) in [4.78, 5) is 13.9. The van der Waals surface area contributed by atoms with Crippen LogP contribution in [0.5, 0.6) is 0 Å². The van der Waals surface area contributed by atoms with Crippen LogP contribution in [0.3, 0.4) is 0 Å². The summed E-state index contributed by atoms with van der Waals surface area (Å²) < 4.78 is 0. The van der Waals surface area contributed by atoms with Crippen LogP contribution in [0.2, 0.25) is 5.02 Å². The molecule has 104 valence electrons. The molecule has 3 N–H and O–H groups in total. The topological polar surface area (TPSA) is 78.9 Å². The van der Waals surface area contributed by atoms with Gasteiger partial charge >= 0.3 is 0 Å². The first-order chi connectivity index (χ1) is 8.99. The van der Waals surface area contributed by atoms with Crippen molar-refractivity contribution in [3.05, 3.63) is 34.9 Å². The van der Waals surface area contributed by atoms with Gasteiger partial charge in [-0.15, -0.1) is 0 Å². The lowest BCUT2D eigenvalue weighted by Crippen LogP contribution is -2.38. The summed E-state index contributed by atoms with van der Waals surface area (Å²) >= 11 is 5.79. The van der Waals surface area contributed by atoms with Gasteiger partial charge in [0.05, 0.1) is 0 Å². The van der Waals surface area contributed by atoms with E-state index in [4.69, 9.17) is 22.5 Å². The molecule has 5 nitrogen and oxygen atoms in total. The molecule has 0 aliphatic heterocycles. The van der Waals surface area contributed by atoms with Gasteiger partial charge in [0.15, 0.2) is 0 Å². The maximum Gasteiger partial charge on any atom is 0.253 e. The number of amidine groups is 1. The molecule has 1 aromatic rings. The largest absolute Gasteiger partial charge is 0.409 e. The lowest BCUT2D eigenvalue weighted by Gasteiger charge is -2.24. The van der Waals surface area contributed by atoms with Gasteiger partial charge in [0.1, 0.15) is 5.84 Å². The monoisotopic (exact) mass is 283 g/mol. The quantitative estimate of drug-likeness (QED) is 0.376. The average Bonchev–Trinajstić information content (AvgIpc) is 2.43. The molecule has 6 heteroatoms. The molecule has 1 atom stereocenters. The van der Waals surface area contributed by atoms with E-state index in [9.17, 15) is 4.79 Å². The highest BCUT2D eigenvalue weighted by Gasteiger charge is 2.18. The molecule has 0 aliphatic carbocycles. The maximum absolute atomic E-state index is 12.3. The number of nitrogens with two attached hydrogens (primary N) is 1. The van der Waals surface area contributed by atoms with E-state index in [1.54, 1.807) is 36.1 Å². The minimum Gasteiger partial charge on any atom is -0.409 e. The molecule has 0 heterocycles. The van der Waals surface area contributed by atoms with E-state index in [2.05, 4.69) is 5.16 Å². The van der Waals surface area contributed by atoms with Crippen LogP contribution in [0, 0.1) is 5.92 Å². The predicted molar refractivity (Wildman–Crippen MR) is 75.6 cm³/mol. The normalized spacial score (nSPS) is 13.1. The molecular formula is C13H18ClN3O2. The van der Waals surface area contributed by atoms with Gasteiger partial charge < -0.3 is 15.8 Å². The third-order valence-corrected chi connectivity index (χ3v) is 3.13. The van der Waals surface area contributed by atoms with Crippen LogP contribution in [0.25, 0.3) is 0 Å². The molecule has 0 fully saturated rings. The van der Waals surface area contributed by atoms with Gasteiger partial charge in [-0.25, -0.2) is 0 Å². The van der Waals surface area contributed by atoms with Crippen LogP contribution in [0.15, 0.2) is 29.4 Å². The lowest BCUT2D eigenvalue weighted by atomic mass is 10.1. The number of benzene rings is 1. The Labute approximate surface area is 117 Å². The van der Waals surface area contributed by atoms with Gasteiger partial charge in [-0.1, -0.05) is 23.7 Å². The van der Waals surface area contributed by atoms with E-state index in [-0.39, 0.29) is 17.7 Å². The molecule has 0 bridgehead atoms. The van der Waals surface area contributed by atoms with Crippen LogP contribution in [-0.2, 0) is 0 Å². The van der Waals surface area contributed by atoms with E-state index >= 15 is 0 Å². The van der Waals surface area contributed by atoms with Crippen molar-refractivity contribution in [1.29, 1.82) is 0 Å². The van der Waals surface area contributed by atoms with Crippen LogP contribution < -0.4 is 5.73 Å². The lowest BCUT2D eigenvalue weighted by molar-refractivity contribution is 0.0754. The second-order valence-corrected chi connectivity index (χ2v) is 4.71. The number of hydrogen-bond acceptors (Lipinski definition) is 3. The highest BCUT2D eigenvalue weighted by atomic mass is 35.5. The Morgan fingerprint density at radius 3 is 2.53 bits per heavy atom. The standard InChI is InChI=1S/C13H18ClN3O2/c1-3-17(8-9(2)12(15)16-19)13(18)10-4-6-11(14)7-5-10/h4-7,9,19H,3,8H2,1-2H3,(H2,15,16). The molecule has 0 saturated carbocycles. The summed E-state index contributed by atoms with van der Waals surface area (Å²) in [6.45, 7) is 4.62. The zero-order valence-electron chi connectivity index (χ0n) is 11.0. The van der Waals surface area contributed by atoms with Crippen molar-refractivity contribution >= 4 is 23.3 Å². The molecular weight excluding hydrogens is 266 g/mol. The van der Waals surface area contributed by atoms with Crippen LogP contribution in [0.4, 0.5) is 0 Å². The fourth-order valence-electron chi connectivity index (χ4n) is 1.65. The van der Waals surface area contributed by atoms with E-state index in [1.165, 1.54) is 0 Å². The number of carbonyl (C=O) groups is 1. The molecule has 1 rings (SSSR count). The van der Waals surface area contributed by atoms with Gasteiger partial charge in [-0.05, 0) is 31.2 Å². The molecule has 1 unspecified atom stereocenters. The Balaban J connectivity index is 2.80. The van der Waals surface area contributed by atoms with E-state index in [0.717, 1.165) is 0 Å². The number of carbonyl (C=O) groups excluding carboxylic acids is 1. The van der Waals surface area contributed by atoms with Gasteiger partial charge in [0.2, 0.25) is 0 Å².